The molecular weight excluding hydrogens is 236 g/mol. The van der Waals surface area contributed by atoms with E-state index in [-0.39, 0.29) is 0 Å². The molecule has 3 nitrogen and oxygen atoms in total. The first-order chi connectivity index (χ1) is 9.43. The molecule has 0 amide bonds. The van der Waals surface area contributed by atoms with Crippen LogP contribution in [0.5, 0.6) is 0 Å². The summed E-state index contributed by atoms with van der Waals surface area (Å²) in [4.78, 5) is 3.33. The largest absolute Gasteiger partial charge is 0.381 e. The predicted molar refractivity (Wildman–Crippen MR) is 78.4 cm³/mol. The molecular formula is C16H22N2O. The van der Waals surface area contributed by atoms with Crippen LogP contribution in [0.25, 0.3) is 10.9 Å². The van der Waals surface area contributed by atoms with Crippen LogP contribution in [-0.2, 0) is 11.2 Å². The number of rotatable bonds is 5. The van der Waals surface area contributed by atoms with Gasteiger partial charge < -0.3 is 15.0 Å². The molecule has 1 aliphatic heterocycles. The molecule has 0 spiro atoms. The Hall–Kier alpha value is -1.32. The number of hydrogen-bond acceptors (Lipinski definition) is 2. The smallest absolute Gasteiger partial charge is 0.0506 e. The Kier molecular flexibility index (Phi) is 4.16. The van der Waals surface area contributed by atoms with E-state index in [0.717, 1.165) is 32.7 Å². The van der Waals surface area contributed by atoms with Gasteiger partial charge in [-0.2, -0.15) is 0 Å². The second-order valence-corrected chi connectivity index (χ2v) is 5.40. The van der Waals surface area contributed by atoms with Gasteiger partial charge in [-0.15, -0.1) is 0 Å². The molecule has 2 N–H and O–H groups in total. The summed E-state index contributed by atoms with van der Waals surface area (Å²) in [5.41, 5.74) is 2.64. The molecule has 2 heterocycles. The fourth-order valence-electron chi connectivity index (χ4n) is 2.84. The van der Waals surface area contributed by atoms with Crippen LogP contribution < -0.4 is 5.32 Å². The second-order valence-electron chi connectivity index (χ2n) is 5.40. The van der Waals surface area contributed by atoms with Crippen LogP contribution in [0.1, 0.15) is 18.4 Å². The average Bonchev–Trinajstić information content (AvgIpc) is 2.88. The first-order valence-electron chi connectivity index (χ1n) is 7.27. The minimum atomic E-state index is 0.705. The Bertz CT molecular complexity index is 514. The molecule has 19 heavy (non-hydrogen) atoms. The summed E-state index contributed by atoms with van der Waals surface area (Å²) < 4.78 is 5.50. The molecule has 1 aromatic heterocycles. The Morgan fingerprint density at radius 3 is 3.16 bits per heavy atom. The van der Waals surface area contributed by atoms with Gasteiger partial charge in [-0.05, 0) is 43.4 Å². The monoisotopic (exact) mass is 258 g/mol. The highest BCUT2D eigenvalue weighted by atomic mass is 16.5. The van der Waals surface area contributed by atoms with E-state index in [2.05, 4.69) is 40.8 Å². The molecule has 1 unspecified atom stereocenters. The number of benzene rings is 1. The Morgan fingerprint density at radius 2 is 2.26 bits per heavy atom. The van der Waals surface area contributed by atoms with Gasteiger partial charge in [-0.1, -0.05) is 18.2 Å². The molecule has 0 radical (unpaired) electrons. The van der Waals surface area contributed by atoms with Gasteiger partial charge >= 0.3 is 0 Å². The SMILES string of the molecule is c1ccc2c(CCNCC3CCCOC3)c[nH]c2c1. The van der Waals surface area contributed by atoms with Crippen molar-refractivity contribution in [2.75, 3.05) is 26.3 Å². The molecule has 1 aromatic carbocycles. The quantitative estimate of drug-likeness (QED) is 0.809. The summed E-state index contributed by atoms with van der Waals surface area (Å²) >= 11 is 0. The number of para-hydroxylation sites is 1. The highest BCUT2D eigenvalue weighted by molar-refractivity contribution is 5.83. The first kappa shape index (κ1) is 12.7. The van der Waals surface area contributed by atoms with Crippen molar-refractivity contribution in [1.82, 2.24) is 10.3 Å². The molecule has 2 aromatic rings. The van der Waals surface area contributed by atoms with Gasteiger partial charge in [0.15, 0.2) is 0 Å². The van der Waals surface area contributed by atoms with E-state index < -0.39 is 0 Å². The number of ether oxygens (including phenoxy) is 1. The third kappa shape index (κ3) is 3.17. The topological polar surface area (TPSA) is 37.0 Å². The molecule has 0 saturated carbocycles. The number of hydrogen-bond donors (Lipinski definition) is 2. The van der Waals surface area contributed by atoms with Crippen molar-refractivity contribution < 1.29 is 4.74 Å². The van der Waals surface area contributed by atoms with E-state index in [4.69, 9.17) is 4.74 Å². The van der Waals surface area contributed by atoms with Crippen molar-refractivity contribution in [2.24, 2.45) is 5.92 Å². The molecule has 1 aliphatic rings. The van der Waals surface area contributed by atoms with E-state index in [1.54, 1.807) is 0 Å². The van der Waals surface area contributed by atoms with E-state index in [0.29, 0.717) is 5.92 Å². The van der Waals surface area contributed by atoms with E-state index in [9.17, 15) is 0 Å². The number of H-pyrrole nitrogens is 1. The van der Waals surface area contributed by atoms with Gasteiger partial charge in [0.05, 0.1) is 6.61 Å². The third-order valence-corrected chi connectivity index (χ3v) is 3.93. The number of aromatic amines is 1. The van der Waals surface area contributed by atoms with Crippen molar-refractivity contribution in [3.63, 3.8) is 0 Å². The van der Waals surface area contributed by atoms with Gasteiger partial charge in [0.25, 0.3) is 0 Å². The Labute approximate surface area is 114 Å². The number of aromatic nitrogens is 1. The predicted octanol–water partition coefficient (Wildman–Crippen LogP) is 2.73. The number of nitrogens with one attached hydrogen (secondary N) is 2. The molecule has 0 bridgehead atoms. The van der Waals surface area contributed by atoms with Crippen LogP contribution in [0, 0.1) is 5.92 Å². The highest BCUT2D eigenvalue weighted by Gasteiger charge is 2.12. The van der Waals surface area contributed by atoms with Crippen molar-refractivity contribution in [1.29, 1.82) is 0 Å². The van der Waals surface area contributed by atoms with E-state index in [1.165, 1.54) is 29.3 Å². The summed E-state index contributed by atoms with van der Waals surface area (Å²) in [6.45, 7) is 4.01. The maximum absolute atomic E-state index is 5.50. The summed E-state index contributed by atoms with van der Waals surface area (Å²) in [5.74, 6) is 0.705. The van der Waals surface area contributed by atoms with E-state index in [1.807, 2.05) is 0 Å². The summed E-state index contributed by atoms with van der Waals surface area (Å²) in [6, 6.07) is 8.50. The van der Waals surface area contributed by atoms with Gasteiger partial charge in [-0.25, -0.2) is 0 Å². The van der Waals surface area contributed by atoms with E-state index >= 15 is 0 Å². The van der Waals surface area contributed by atoms with Gasteiger partial charge in [-0.3, -0.25) is 0 Å². The molecule has 1 atom stereocenters. The van der Waals surface area contributed by atoms with Crippen molar-refractivity contribution >= 4 is 10.9 Å². The second kappa shape index (κ2) is 6.22. The van der Waals surface area contributed by atoms with Gasteiger partial charge in [0.2, 0.25) is 0 Å². The minimum Gasteiger partial charge on any atom is -0.381 e. The zero-order valence-corrected chi connectivity index (χ0v) is 11.3. The van der Waals surface area contributed by atoms with Crippen LogP contribution in [0.4, 0.5) is 0 Å². The maximum atomic E-state index is 5.50. The van der Waals surface area contributed by atoms with Crippen molar-refractivity contribution in [3.05, 3.63) is 36.0 Å². The van der Waals surface area contributed by atoms with Crippen molar-refractivity contribution in [2.45, 2.75) is 19.3 Å². The lowest BCUT2D eigenvalue weighted by Gasteiger charge is -2.22. The van der Waals surface area contributed by atoms with Crippen LogP contribution in [0.2, 0.25) is 0 Å². The molecule has 3 heteroatoms. The third-order valence-electron chi connectivity index (χ3n) is 3.93. The average molecular weight is 258 g/mol. The highest BCUT2D eigenvalue weighted by Crippen LogP contribution is 2.17. The molecule has 0 aliphatic carbocycles. The summed E-state index contributed by atoms with van der Waals surface area (Å²) in [5, 5.41) is 4.92. The minimum absolute atomic E-state index is 0.705. The zero-order valence-electron chi connectivity index (χ0n) is 11.3. The summed E-state index contributed by atoms with van der Waals surface area (Å²) in [6.07, 6.45) is 5.74. The number of fused-ring (bicyclic) bond motifs is 1. The van der Waals surface area contributed by atoms with Crippen LogP contribution in [0.15, 0.2) is 30.5 Å². The Morgan fingerprint density at radius 1 is 1.32 bits per heavy atom. The maximum Gasteiger partial charge on any atom is 0.0506 e. The van der Waals surface area contributed by atoms with Crippen molar-refractivity contribution in [3.8, 4) is 0 Å². The standard InChI is InChI=1S/C16H22N2O/c1-2-6-16-15(5-1)14(11-18-16)7-8-17-10-13-4-3-9-19-12-13/h1-2,5-6,11,13,17-18H,3-4,7-10,12H2. The lowest BCUT2D eigenvalue weighted by atomic mass is 10.0. The molecule has 1 saturated heterocycles. The first-order valence-corrected chi connectivity index (χ1v) is 7.27. The Balaban J connectivity index is 1.47. The van der Waals surface area contributed by atoms with Gasteiger partial charge in [0.1, 0.15) is 0 Å². The summed E-state index contributed by atoms with van der Waals surface area (Å²) in [7, 11) is 0. The molecule has 102 valence electrons. The lowest BCUT2D eigenvalue weighted by molar-refractivity contribution is 0.0550. The van der Waals surface area contributed by atoms with Gasteiger partial charge in [0, 0.05) is 30.3 Å². The normalized spacial score (nSPS) is 19.9. The lowest BCUT2D eigenvalue weighted by Crippen LogP contribution is -2.30. The van der Waals surface area contributed by atoms with Crippen LogP contribution >= 0.6 is 0 Å². The molecule has 3 rings (SSSR count). The fourth-order valence-corrected chi connectivity index (χ4v) is 2.84. The molecule has 1 fully saturated rings. The fraction of sp³-hybridized carbons (Fsp3) is 0.500. The van der Waals surface area contributed by atoms with Crippen LogP contribution in [-0.4, -0.2) is 31.3 Å². The zero-order chi connectivity index (χ0) is 12.9. The van der Waals surface area contributed by atoms with Crippen LogP contribution in [0.3, 0.4) is 0 Å².